The number of likely N-dealkylation sites (N-methyl/N-ethyl adjacent to an activating group) is 1. The van der Waals surface area contributed by atoms with Gasteiger partial charge in [0.2, 0.25) is 0 Å². The third kappa shape index (κ3) is 3.07. The first-order valence-electron chi connectivity index (χ1n) is 7.00. The van der Waals surface area contributed by atoms with Gasteiger partial charge in [-0.2, -0.15) is 5.10 Å². The summed E-state index contributed by atoms with van der Waals surface area (Å²) in [5.74, 6) is -0.197. The Morgan fingerprint density at radius 1 is 1.25 bits per heavy atom. The molecule has 0 saturated carbocycles. The van der Waals surface area contributed by atoms with Crippen LogP contribution in [-0.4, -0.2) is 16.3 Å². The largest absolute Gasteiger partial charge is 0.310 e. The maximum atomic E-state index is 13.1. The average molecular weight is 275 g/mol. The molecule has 4 heteroatoms. The second-order valence-electron chi connectivity index (χ2n) is 5.14. The second-order valence-corrected chi connectivity index (χ2v) is 5.14. The van der Waals surface area contributed by atoms with Crippen molar-refractivity contribution in [3.05, 3.63) is 52.6 Å². The zero-order valence-electron chi connectivity index (χ0n) is 12.6. The minimum Gasteiger partial charge on any atom is -0.310 e. The average Bonchev–Trinajstić information content (AvgIpc) is 2.65. The Morgan fingerprint density at radius 2 is 1.90 bits per heavy atom. The van der Waals surface area contributed by atoms with Crippen LogP contribution in [-0.2, 0) is 13.5 Å². The van der Waals surface area contributed by atoms with Gasteiger partial charge in [0.05, 0.1) is 5.69 Å². The molecule has 0 aliphatic heterocycles. The molecule has 0 radical (unpaired) electrons. The van der Waals surface area contributed by atoms with E-state index in [2.05, 4.69) is 24.3 Å². The summed E-state index contributed by atoms with van der Waals surface area (Å²) < 4.78 is 15.0. The van der Waals surface area contributed by atoms with E-state index in [-0.39, 0.29) is 11.9 Å². The Labute approximate surface area is 119 Å². The molecule has 20 heavy (non-hydrogen) atoms. The number of hydrogen-bond acceptors (Lipinski definition) is 2. The second kappa shape index (κ2) is 6.18. The third-order valence-electron chi connectivity index (χ3n) is 3.79. The van der Waals surface area contributed by atoms with Gasteiger partial charge in [-0.15, -0.1) is 0 Å². The smallest absolute Gasteiger partial charge is 0.123 e. The van der Waals surface area contributed by atoms with Crippen LogP contribution in [0.4, 0.5) is 4.39 Å². The van der Waals surface area contributed by atoms with E-state index in [4.69, 9.17) is 0 Å². The molecule has 108 valence electrons. The maximum absolute atomic E-state index is 13.1. The number of benzene rings is 1. The van der Waals surface area contributed by atoms with Gasteiger partial charge in [0.25, 0.3) is 0 Å². The quantitative estimate of drug-likeness (QED) is 0.909. The Kier molecular flexibility index (Phi) is 4.55. The van der Waals surface area contributed by atoms with Gasteiger partial charge in [0.1, 0.15) is 5.82 Å². The Hall–Kier alpha value is -1.68. The lowest BCUT2D eigenvalue weighted by Crippen LogP contribution is -2.23. The molecule has 0 spiro atoms. The molecule has 1 aromatic carbocycles. The number of nitrogens with zero attached hydrogens (tertiary/aromatic N) is 2. The predicted octanol–water partition coefficient (Wildman–Crippen LogP) is 3.07. The fraction of sp³-hybridized carbons (Fsp3) is 0.438. The molecule has 1 atom stereocenters. The van der Waals surface area contributed by atoms with E-state index in [1.165, 1.54) is 23.4 Å². The molecule has 2 aromatic rings. The summed E-state index contributed by atoms with van der Waals surface area (Å²) in [4.78, 5) is 0. The molecule has 1 heterocycles. The van der Waals surface area contributed by atoms with Crippen molar-refractivity contribution in [1.29, 1.82) is 0 Å². The third-order valence-corrected chi connectivity index (χ3v) is 3.79. The zero-order chi connectivity index (χ0) is 14.7. The molecule has 0 aliphatic carbocycles. The van der Waals surface area contributed by atoms with Gasteiger partial charge >= 0.3 is 0 Å². The monoisotopic (exact) mass is 275 g/mol. The first kappa shape index (κ1) is 14.7. The molecule has 0 fully saturated rings. The summed E-state index contributed by atoms with van der Waals surface area (Å²) in [5.41, 5.74) is 4.63. The number of nitrogens with one attached hydrogen (secondary N) is 1. The van der Waals surface area contributed by atoms with E-state index in [0.717, 1.165) is 24.2 Å². The van der Waals surface area contributed by atoms with E-state index in [0.29, 0.717) is 0 Å². The van der Waals surface area contributed by atoms with Crippen molar-refractivity contribution < 1.29 is 4.39 Å². The van der Waals surface area contributed by atoms with Crippen LogP contribution in [0.15, 0.2) is 24.3 Å². The Bertz CT molecular complexity index is 572. The minimum absolute atomic E-state index is 0.183. The molecule has 2 rings (SSSR count). The van der Waals surface area contributed by atoms with E-state index in [1.54, 1.807) is 0 Å². The summed E-state index contributed by atoms with van der Waals surface area (Å²) in [6.45, 7) is 7.08. The van der Waals surface area contributed by atoms with Crippen molar-refractivity contribution >= 4 is 0 Å². The van der Waals surface area contributed by atoms with Crippen LogP contribution >= 0.6 is 0 Å². The first-order chi connectivity index (χ1) is 9.52. The van der Waals surface area contributed by atoms with Gasteiger partial charge in [0, 0.05) is 18.8 Å². The molecule has 0 aliphatic rings. The van der Waals surface area contributed by atoms with E-state index >= 15 is 0 Å². The molecule has 0 amide bonds. The highest BCUT2D eigenvalue weighted by molar-refractivity contribution is 5.29. The summed E-state index contributed by atoms with van der Waals surface area (Å²) >= 11 is 0. The number of aromatic nitrogens is 2. The number of halogens is 1. The standard InChI is InChI=1S/C16H22FN3/c1-5-18-16(13-6-8-14(17)9-7-13)10-15-11(2)19-20(4)12(15)3/h6-9,16,18H,5,10H2,1-4H3. The van der Waals surface area contributed by atoms with Gasteiger partial charge in [-0.25, -0.2) is 4.39 Å². The van der Waals surface area contributed by atoms with Gasteiger partial charge < -0.3 is 5.32 Å². The lowest BCUT2D eigenvalue weighted by Gasteiger charge is -2.19. The van der Waals surface area contributed by atoms with Crippen LogP contribution in [0.5, 0.6) is 0 Å². The van der Waals surface area contributed by atoms with Crippen molar-refractivity contribution in [3.8, 4) is 0 Å². The highest BCUT2D eigenvalue weighted by atomic mass is 19.1. The highest BCUT2D eigenvalue weighted by Crippen LogP contribution is 2.22. The number of rotatable bonds is 5. The van der Waals surface area contributed by atoms with Crippen LogP contribution in [0, 0.1) is 19.7 Å². The molecule has 0 bridgehead atoms. The maximum Gasteiger partial charge on any atom is 0.123 e. The van der Waals surface area contributed by atoms with Crippen molar-refractivity contribution in [2.75, 3.05) is 6.54 Å². The van der Waals surface area contributed by atoms with Gasteiger partial charge in [-0.1, -0.05) is 19.1 Å². The molecule has 1 unspecified atom stereocenters. The lowest BCUT2D eigenvalue weighted by atomic mass is 9.97. The summed E-state index contributed by atoms with van der Waals surface area (Å²) in [5, 5.41) is 7.93. The first-order valence-corrected chi connectivity index (χ1v) is 7.00. The van der Waals surface area contributed by atoms with Crippen molar-refractivity contribution in [2.45, 2.75) is 33.2 Å². The van der Waals surface area contributed by atoms with Crippen molar-refractivity contribution in [1.82, 2.24) is 15.1 Å². The zero-order valence-corrected chi connectivity index (χ0v) is 12.6. The SMILES string of the molecule is CCNC(Cc1c(C)nn(C)c1C)c1ccc(F)cc1. The van der Waals surface area contributed by atoms with Crippen LogP contribution in [0.2, 0.25) is 0 Å². The van der Waals surface area contributed by atoms with Crippen LogP contribution in [0.25, 0.3) is 0 Å². The predicted molar refractivity (Wildman–Crippen MR) is 79.2 cm³/mol. The Balaban J connectivity index is 2.27. The topological polar surface area (TPSA) is 29.9 Å². The van der Waals surface area contributed by atoms with Gasteiger partial charge in [-0.05, 0) is 50.1 Å². The Morgan fingerprint density at radius 3 is 2.40 bits per heavy atom. The van der Waals surface area contributed by atoms with Crippen LogP contribution < -0.4 is 5.32 Å². The summed E-state index contributed by atoms with van der Waals surface area (Å²) in [6, 6.07) is 6.92. The van der Waals surface area contributed by atoms with Gasteiger partial charge in [-0.3, -0.25) is 4.68 Å². The molecule has 0 saturated heterocycles. The fourth-order valence-corrected chi connectivity index (χ4v) is 2.57. The van der Waals surface area contributed by atoms with Crippen LogP contribution in [0.3, 0.4) is 0 Å². The van der Waals surface area contributed by atoms with Gasteiger partial charge in [0.15, 0.2) is 0 Å². The van der Waals surface area contributed by atoms with E-state index < -0.39 is 0 Å². The molecule has 1 N–H and O–H groups in total. The fourth-order valence-electron chi connectivity index (χ4n) is 2.57. The lowest BCUT2D eigenvalue weighted by molar-refractivity contribution is 0.545. The number of hydrogen-bond donors (Lipinski definition) is 1. The molecular weight excluding hydrogens is 253 g/mol. The molecule has 1 aromatic heterocycles. The summed E-state index contributed by atoms with van der Waals surface area (Å²) in [7, 11) is 1.96. The molecular formula is C16H22FN3. The summed E-state index contributed by atoms with van der Waals surface area (Å²) in [6.07, 6.45) is 0.866. The van der Waals surface area contributed by atoms with Crippen molar-refractivity contribution in [3.63, 3.8) is 0 Å². The number of aryl methyl sites for hydroxylation is 2. The normalized spacial score (nSPS) is 12.7. The van der Waals surface area contributed by atoms with Crippen molar-refractivity contribution in [2.24, 2.45) is 7.05 Å². The minimum atomic E-state index is -0.197. The highest BCUT2D eigenvalue weighted by Gasteiger charge is 2.17. The molecule has 3 nitrogen and oxygen atoms in total. The van der Waals surface area contributed by atoms with E-state index in [1.807, 2.05) is 30.8 Å². The van der Waals surface area contributed by atoms with Crippen LogP contribution in [0.1, 0.15) is 35.5 Å². The van der Waals surface area contributed by atoms with E-state index in [9.17, 15) is 4.39 Å².